The average molecular weight is 372 g/mol. The van der Waals surface area contributed by atoms with Gasteiger partial charge in [0.1, 0.15) is 11.9 Å². The monoisotopic (exact) mass is 372 g/mol. The molecular formula is C23H24N4O. The Morgan fingerprint density at radius 2 is 1.96 bits per heavy atom. The minimum atomic E-state index is 0.133. The minimum absolute atomic E-state index is 0.133. The standard InChI is InChI=1S/C23H24N4O/c1-17-21(12-14-26-23-22(17)25-15-16-27-23)24-13-11-18-7-9-20(10-8-18)28-19-5-3-2-4-6-19/h2-5,7-10,12,14-17,19,24H,6,11,13H2,1H3/t17-,19?/m0/s1. The van der Waals surface area contributed by atoms with E-state index < -0.39 is 0 Å². The summed E-state index contributed by atoms with van der Waals surface area (Å²) in [6.07, 6.45) is 17.5. The van der Waals surface area contributed by atoms with Crippen LogP contribution in [0.3, 0.4) is 0 Å². The molecule has 28 heavy (non-hydrogen) atoms. The summed E-state index contributed by atoms with van der Waals surface area (Å²) < 4.78 is 5.98. The van der Waals surface area contributed by atoms with Crippen molar-refractivity contribution < 1.29 is 4.74 Å². The van der Waals surface area contributed by atoms with Gasteiger partial charge in [-0.1, -0.05) is 37.3 Å². The van der Waals surface area contributed by atoms with Gasteiger partial charge >= 0.3 is 0 Å². The van der Waals surface area contributed by atoms with Crippen LogP contribution in [0.15, 0.2) is 77.7 Å². The van der Waals surface area contributed by atoms with Gasteiger partial charge in [-0.15, -0.1) is 0 Å². The number of allylic oxidation sites excluding steroid dienone is 4. The van der Waals surface area contributed by atoms with Gasteiger partial charge in [-0.25, -0.2) is 9.98 Å². The van der Waals surface area contributed by atoms with Crippen LogP contribution >= 0.6 is 0 Å². The molecule has 1 aromatic heterocycles. The molecule has 0 saturated heterocycles. The SMILES string of the molecule is C[C@H]1C(NCCc2ccc(OC3C=CC=CC3)cc2)=CC=Nc2nccnc21. The molecule has 1 aliphatic heterocycles. The molecule has 5 nitrogen and oxygen atoms in total. The molecule has 4 rings (SSSR count). The van der Waals surface area contributed by atoms with Gasteiger partial charge in [-0.2, -0.15) is 0 Å². The van der Waals surface area contributed by atoms with Gasteiger partial charge in [0, 0.05) is 43.2 Å². The summed E-state index contributed by atoms with van der Waals surface area (Å²) in [5.41, 5.74) is 3.29. The van der Waals surface area contributed by atoms with Crippen LogP contribution in [0.5, 0.6) is 5.75 Å². The number of nitrogens with zero attached hydrogens (tertiary/aromatic N) is 3. The Morgan fingerprint density at radius 3 is 2.79 bits per heavy atom. The predicted molar refractivity (Wildman–Crippen MR) is 112 cm³/mol. The number of hydrogen-bond donors (Lipinski definition) is 1. The first-order valence-electron chi connectivity index (χ1n) is 9.67. The fourth-order valence-electron chi connectivity index (χ4n) is 3.34. The molecule has 0 spiro atoms. The van der Waals surface area contributed by atoms with Gasteiger partial charge in [0.25, 0.3) is 0 Å². The first kappa shape index (κ1) is 18.2. The Labute approximate surface area is 165 Å². The Balaban J connectivity index is 1.30. The van der Waals surface area contributed by atoms with Crippen LogP contribution < -0.4 is 10.1 Å². The van der Waals surface area contributed by atoms with Crippen LogP contribution in [-0.2, 0) is 6.42 Å². The molecule has 142 valence electrons. The smallest absolute Gasteiger partial charge is 0.174 e. The maximum Gasteiger partial charge on any atom is 0.174 e. The number of benzene rings is 1. The van der Waals surface area contributed by atoms with Gasteiger partial charge in [-0.3, -0.25) is 4.98 Å². The zero-order valence-corrected chi connectivity index (χ0v) is 16.0. The van der Waals surface area contributed by atoms with E-state index in [9.17, 15) is 0 Å². The Hall–Kier alpha value is -3.21. The van der Waals surface area contributed by atoms with Gasteiger partial charge in [0.05, 0.1) is 5.69 Å². The lowest BCUT2D eigenvalue weighted by atomic mass is 10.0. The van der Waals surface area contributed by atoms with E-state index >= 15 is 0 Å². The first-order chi connectivity index (χ1) is 13.8. The van der Waals surface area contributed by atoms with Crippen molar-refractivity contribution in [2.24, 2.45) is 4.99 Å². The Kier molecular flexibility index (Phi) is 5.61. The molecule has 0 amide bonds. The minimum Gasteiger partial charge on any atom is -0.486 e. The van der Waals surface area contributed by atoms with Crippen molar-refractivity contribution in [2.45, 2.75) is 31.8 Å². The number of nitrogens with one attached hydrogen (secondary N) is 1. The van der Waals surface area contributed by atoms with Gasteiger partial charge in [0.2, 0.25) is 0 Å². The molecule has 1 unspecified atom stereocenters. The van der Waals surface area contributed by atoms with E-state index in [1.54, 1.807) is 18.6 Å². The third-order valence-corrected chi connectivity index (χ3v) is 4.93. The first-order valence-corrected chi connectivity index (χ1v) is 9.67. The van der Waals surface area contributed by atoms with Gasteiger partial charge < -0.3 is 10.1 Å². The third-order valence-electron chi connectivity index (χ3n) is 4.93. The molecule has 0 bridgehead atoms. The number of aliphatic imine (C=N–C) groups is 1. The van der Waals surface area contributed by atoms with Crippen molar-refractivity contribution in [3.8, 4) is 5.75 Å². The van der Waals surface area contributed by atoms with Crippen molar-refractivity contribution in [1.29, 1.82) is 0 Å². The summed E-state index contributed by atoms with van der Waals surface area (Å²) in [5, 5.41) is 3.54. The summed E-state index contributed by atoms with van der Waals surface area (Å²) in [4.78, 5) is 13.1. The number of fused-ring (bicyclic) bond motifs is 1. The number of ether oxygens (including phenoxy) is 1. The van der Waals surface area contributed by atoms with Gasteiger partial charge in [0.15, 0.2) is 5.82 Å². The zero-order chi connectivity index (χ0) is 19.2. The van der Waals surface area contributed by atoms with Crippen LogP contribution in [0.2, 0.25) is 0 Å². The molecular weight excluding hydrogens is 348 g/mol. The van der Waals surface area contributed by atoms with E-state index in [1.807, 2.05) is 24.3 Å². The summed E-state index contributed by atoms with van der Waals surface area (Å²) in [7, 11) is 0. The highest BCUT2D eigenvalue weighted by atomic mass is 16.5. The summed E-state index contributed by atoms with van der Waals surface area (Å²) in [5.74, 6) is 1.75. The van der Waals surface area contributed by atoms with Crippen molar-refractivity contribution in [3.05, 3.63) is 84.0 Å². The van der Waals surface area contributed by atoms with E-state index in [-0.39, 0.29) is 12.0 Å². The molecule has 1 aromatic carbocycles. The molecule has 0 radical (unpaired) electrons. The quantitative estimate of drug-likeness (QED) is 0.822. The lowest BCUT2D eigenvalue weighted by Gasteiger charge is -2.17. The van der Waals surface area contributed by atoms with Crippen molar-refractivity contribution >= 4 is 12.0 Å². The van der Waals surface area contributed by atoms with E-state index in [4.69, 9.17) is 4.74 Å². The molecule has 2 aromatic rings. The molecule has 2 heterocycles. The summed E-state index contributed by atoms with van der Waals surface area (Å²) >= 11 is 0. The zero-order valence-electron chi connectivity index (χ0n) is 16.0. The second kappa shape index (κ2) is 8.65. The number of rotatable bonds is 6. The Morgan fingerprint density at radius 1 is 1.11 bits per heavy atom. The fourth-order valence-corrected chi connectivity index (χ4v) is 3.34. The van der Waals surface area contributed by atoms with Crippen LogP contribution in [0.4, 0.5) is 5.82 Å². The molecule has 5 heteroatoms. The highest BCUT2D eigenvalue weighted by Crippen LogP contribution is 2.28. The molecule has 0 fully saturated rings. The van der Waals surface area contributed by atoms with Crippen LogP contribution in [0.1, 0.15) is 30.5 Å². The lowest BCUT2D eigenvalue weighted by Crippen LogP contribution is -2.21. The van der Waals surface area contributed by atoms with E-state index in [1.165, 1.54) is 5.56 Å². The number of aromatic nitrogens is 2. The van der Waals surface area contributed by atoms with Crippen molar-refractivity contribution in [3.63, 3.8) is 0 Å². The van der Waals surface area contributed by atoms with Crippen molar-refractivity contribution in [1.82, 2.24) is 15.3 Å². The highest BCUT2D eigenvalue weighted by molar-refractivity contribution is 5.77. The second-order valence-electron chi connectivity index (χ2n) is 6.91. The van der Waals surface area contributed by atoms with Crippen LogP contribution in [-0.4, -0.2) is 28.8 Å². The molecule has 1 aliphatic carbocycles. The van der Waals surface area contributed by atoms with Crippen LogP contribution in [0, 0.1) is 0 Å². The van der Waals surface area contributed by atoms with Gasteiger partial charge in [-0.05, 0) is 36.3 Å². The summed E-state index contributed by atoms with van der Waals surface area (Å²) in [6.45, 7) is 2.97. The van der Waals surface area contributed by atoms with Crippen molar-refractivity contribution in [2.75, 3.05) is 6.54 Å². The van der Waals surface area contributed by atoms with E-state index in [0.29, 0.717) is 5.82 Å². The molecule has 1 N–H and O–H groups in total. The molecule has 2 atom stereocenters. The Bertz CT molecular complexity index is 928. The van der Waals surface area contributed by atoms with E-state index in [0.717, 1.165) is 36.5 Å². The average Bonchev–Trinajstić information content (AvgIpc) is 2.89. The fraction of sp³-hybridized carbons (Fsp3) is 0.261. The predicted octanol–water partition coefficient (Wildman–Crippen LogP) is 4.28. The molecule has 0 saturated carbocycles. The lowest BCUT2D eigenvalue weighted by molar-refractivity contribution is 0.251. The maximum atomic E-state index is 5.98. The number of hydrogen-bond acceptors (Lipinski definition) is 5. The molecule has 2 aliphatic rings. The second-order valence-corrected chi connectivity index (χ2v) is 6.91. The van der Waals surface area contributed by atoms with Crippen LogP contribution in [0.25, 0.3) is 0 Å². The third kappa shape index (κ3) is 4.36. The largest absolute Gasteiger partial charge is 0.486 e. The van der Waals surface area contributed by atoms with E-state index in [2.05, 4.69) is 57.6 Å². The summed E-state index contributed by atoms with van der Waals surface area (Å²) in [6, 6.07) is 8.36. The topological polar surface area (TPSA) is 59.4 Å². The highest BCUT2D eigenvalue weighted by Gasteiger charge is 2.18. The normalized spacial score (nSPS) is 20.2. The maximum absolute atomic E-state index is 5.98.